The normalized spacial score (nSPS) is 18.5. The van der Waals surface area contributed by atoms with Crippen LogP contribution in [0, 0.1) is 0 Å². The summed E-state index contributed by atoms with van der Waals surface area (Å²) in [4.78, 5) is 35.9. The summed E-state index contributed by atoms with van der Waals surface area (Å²) in [6, 6.07) is 0. The van der Waals surface area contributed by atoms with Gasteiger partial charge in [0.2, 0.25) is 0 Å². The highest BCUT2D eigenvalue weighted by molar-refractivity contribution is 6.30. The molecule has 0 saturated carbocycles. The van der Waals surface area contributed by atoms with Crippen LogP contribution in [-0.2, 0) is 14.3 Å². The molecular formula is C16H28ClN3O5. The Morgan fingerprint density at radius 1 is 1.40 bits per heavy atom. The van der Waals surface area contributed by atoms with E-state index in [2.05, 4.69) is 18.8 Å². The number of hydrogen-bond acceptors (Lipinski definition) is 6. The summed E-state index contributed by atoms with van der Waals surface area (Å²) in [5, 5.41) is -0.0915. The predicted octanol–water partition coefficient (Wildman–Crippen LogP) is 1.81. The van der Waals surface area contributed by atoms with Gasteiger partial charge in [-0.25, -0.2) is 4.79 Å². The second kappa shape index (κ2) is 12.7. The summed E-state index contributed by atoms with van der Waals surface area (Å²) >= 11 is 5.68. The van der Waals surface area contributed by atoms with Gasteiger partial charge < -0.3 is 15.2 Å². The van der Waals surface area contributed by atoms with Crippen LogP contribution in [-0.4, -0.2) is 34.8 Å². The van der Waals surface area contributed by atoms with Gasteiger partial charge >= 0.3 is 11.7 Å². The molecule has 1 fully saturated rings. The molecule has 2 atom stereocenters. The van der Waals surface area contributed by atoms with Crippen LogP contribution in [0.25, 0.3) is 0 Å². The van der Waals surface area contributed by atoms with Gasteiger partial charge in [0.15, 0.2) is 0 Å². The second-order valence-electron chi connectivity index (χ2n) is 5.03. The third kappa shape index (κ3) is 7.85. The number of carbonyl (C=O) groups is 1. The van der Waals surface area contributed by atoms with E-state index >= 15 is 0 Å². The molecule has 0 amide bonds. The monoisotopic (exact) mass is 377 g/mol. The van der Waals surface area contributed by atoms with Crippen molar-refractivity contribution in [2.45, 2.75) is 59.3 Å². The summed E-state index contributed by atoms with van der Waals surface area (Å²) in [7, 11) is 0. The fraction of sp³-hybridized carbons (Fsp3) is 0.688. The van der Waals surface area contributed by atoms with Gasteiger partial charge in [-0.05, 0) is 12.8 Å². The largest absolute Gasteiger partial charge is 0.462 e. The summed E-state index contributed by atoms with van der Waals surface area (Å²) in [6.45, 7) is 8.14. The quantitative estimate of drug-likeness (QED) is 0.773. The maximum absolute atomic E-state index is 11.7. The molecule has 9 heteroatoms. The molecule has 1 saturated heterocycles. The van der Waals surface area contributed by atoms with Crippen molar-refractivity contribution in [1.29, 1.82) is 0 Å². The van der Waals surface area contributed by atoms with Crippen LogP contribution >= 0.6 is 11.6 Å². The maximum atomic E-state index is 11.7. The Hall–Kier alpha value is -1.64. The van der Waals surface area contributed by atoms with Crippen molar-refractivity contribution in [3.05, 3.63) is 32.1 Å². The van der Waals surface area contributed by atoms with E-state index < -0.39 is 23.4 Å². The number of ether oxygens (including phenoxy) is 2. The number of aromatic amines is 1. The Kier molecular flexibility index (Phi) is 11.9. The van der Waals surface area contributed by atoms with Crippen molar-refractivity contribution in [2.24, 2.45) is 5.73 Å². The summed E-state index contributed by atoms with van der Waals surface area (Å²) in [6.07, 6.45) is 2.80. The third-order valence-electron chi connectivity index (χ3n) is 2.92. The van der Waals surface area contributed by atoms with E-state index in [9.17, 15) is 14.4 Å². The van der Waals surface area contributed by atoms with Gasteiger partial charge in [0.1, 0.15) is 17.9 Å². The van der Waals surface area contributed by atoms with E-state index in [4.69, 9.17) is 26.8 Å². The number of aromatic nitrogens is 2. The molecule has 144 valence electrons. The van der Waals surface area contributed by atoms with Crippen LogP contribution < -0.4 is 17.0 Å². The fourth-order valence-corrected chi connectivity index (χ4v) is 2.09. The van der Waals surface area contributed by atoms with Crippen molar-refractivity contribution < 1.29 is 14.3 Å². The van der Waals surface area contributed by atoms with E-state index in [1.807, 2.05) is 13.8 Å². The number of hydrogen-bond donors (Lipinski definition) is 2. The van der Waals surface area contributed by atoms with E-state index in [0.29, 0.717) is 12.8 Å². The molecule has 2 rings (SSSR count). The van der Waals surface area contributed by atoms with E-state index in [0.717, 1.165) is 0 Å². The van der Waals surface area contributed by atoms with Crippen molar-refractivity contribution in [3.63, 3.8) is 0 Å². The van der Waals surface area contributed by atoms with Crippen LogP contribution in [0.1, 0.15) is 53.2 Å². The van der Waals surface area contributed by atoms with Crippen LogP contribution in [0.4, 0.5) is 0 Å². The zero-order chi connectivity index (χ0) is 19.4. The second-order valence-corrected chi connectivity index (χ2v) is 5.44. The van der Waals surface area contributed by atoms with Gasteiger partial charge in [0.05, 0.1) is 12.6 Å². The number of H-pyrrole nitrogens is 1. The van der Waals surface area contributed by atoms with Gasteiger partial charge in [-0.15, -0.1) is 0 Å². The number of nitrogens with two attached hydrogens (primary N) is 1. The number of halogens is 1. The highest BCUT2D eigenvalue weighted by Gasteiger charge is 2.28. The highest BCUT2D eigenvalue weighted by atomic mass is 35.5. The molecule has 0 spiro atoms. The topological polar surface area (TPSA) is 116 Å². The molecule has 0 bridgehead atoms. The van der Waals surface area contributed by atoms with Gasteiger partial charge in [-0.1, -0.05) is 45.7 Å². The Bertz CT molecular complexity index is 629. The maximum Gasteiger partial charge on any atom is 0.330 e. The number of esters is 1. The highest BCUT2D eigenvalue weighted by Crippen LogP contribution is 2.27. The molecule has 1 aliphatic rings. The van der Waals surface area contributed by atoms with Crippen LogP contribution in [0.5, 0.6) is 0 Å². The zero-order valence-electron chi connectivity index (χ0n) is 15.2. The van der Waals surface area contributed by atoms with E-state index in [-0.39, 0.29) is 24.3 Å². The summed E-state index contributed by atoms with van der Waals surface area (Å²) in [5.74, 6) is -0.513. The van der Waals surface area contributed by atoms with Crippen LogP contribution in [0.2, 0.25) is 5.02 Å². The first-order chi connectivity index (χ1) is 11.9. The molecule has 1 aromatic rings. The molecule has 1 aliphatic heterocycles. The SMILES string of the molecule is CC.CCC.NCC(=O)OCC1CCC(n2cc(Cl)c(=O)[nH]c2=O)O1. The third-order valence-corrected chi connectivity index (χ3v) is 3.19. The van der Waals surface area contributed by atoms with Crippen molar-refractivity contribution >= 4 is 17.6 Å². The standard InChI is InChI=1S/C11H14ClN3O5.C3H8.C2H6/c12-7-4-15(11(18)14-10(7)17)8-2-1-6(20-8)5-19-9(16)3-13;1-3-2;1-2/h4,6,8H,1-3,5,13H2,(H,14,17,18);3H2,1-2H3;1-2H3. The van der Waals surface area contributed by atoms with Gasteiger partial charge in [-0.2, -0.15) is 0 Å². The molecule has 8 nitrogen and oxygen atoms in total. The Morgan fingerprint density at radius 2 is 2.00 bits per heavy atom. The summed E-state index contributed by atoms with van der Waals surface area (Å²) in [5.41, 5.74) is 3.88. The van der Waals surface area contributed by atoms with Gasteiger partial charge in [-0.3, -0.25) is 19.1 Å². The summed E-state index contributed by atoms with van der Waals surface area (Å²) < 4.78 is 11.7. The molecule has 3 N–H and O–H groups in total. The molecule has 1 aromatic heterocycles. The number of nitrogens with one attached hydrogen (secondary N) is 1. The molecule has 2 heterocycles. The lowest BCUT2D eigenvalue weighted by Crippen LogP contribution is -2.32. The smallest absolute Gasteiger partial charge is 0.330 e. The zero-order valence-corrected chi connectivity index (χ0v) is 16.0. The van der Waals surface area contributed by atoms with Crippen molar-refractivity contribution in [1.82, 2.24) is 9.55 Å². The van der Waals surface area contributed by atoms with E-state index in [1.165, 1.54) is 17.2 Å². The molecular weight excluding hydrogens is 350 g/mol. The molecule has 25 heavy (non-hydrogen) atoms. The average Bonchev–Trinajstić information content (AvgIpc) is 3.07. The predicted molar refractivity (Wildman–Crippen MR) is 96.8 cm³/mol. The van der Waals surface area contributed by atoms with Gasteiger partial charge in [0.25, 0.3) is 5.56 Å². The van der Waals surface area contributed by atoms with Gasteiger partial charge in [0, 0.05) is 6.20 Å². The molecule has 0 aliphatic carbocycles. The van der Waals surface area contributed by atoms with Crippen molar-refractivity contribution in [2.75, 3.05) is 13.2 Å². The number of carbonyl (C=O) groups excluding carboxylic acids is 1. The minimum absolute atomic E-state index is 0.0817. The Morgan fingerprint density at radius 3 is 2.56 bits per heavy atom. The Labute approximate surface area is 152 Å². The lowest BCUT2D eigenvalue weighted by Gasteiger charge is -2.15. The minimum atomic E-state index is -0.640. The minimum Gasteiger partial charge on any atom is -0.462 e. The lowest BCUT2D eigenvalue weighted by molar-refractivity contribution is -0.146. The van der Waals surface area contributed by atoms with Crippen LogP contribution in [0.3, 0.4) is 0 Å². The number of nitrogens with zero attached hydrogens (tertiary/aromatic N) is 1. The molecule has 0 aromatic carbocycles. The Balaban J connectivity index is 0.00000104. The number of rotatable bonds is 4. The first-order valence-corrected chi connectivity index (χ1v) is 8.82. The first-order valence-electron chi connectivity index (χ1n) is 8.44. The van der Waals surface area contributed by atoms with E-state index in [1.54, 1.807) is 0 Å². The average molecular weight is 378 g/mol. The fourth-order valence-electron chi connectivity index (χ4n) is 1.93. The molecule has 0 radical (unpaired) electrons. The van der Waals surface area contributed by atoms with Crippen molar-refractivity contribution in [3.8, 4) is 0 Å². The molecule has 2 unspecified atom stereocenters. The first kappa shape index (κ1) is 23.4. The lowest BCUT2D eigenvalue weighted by atomic mass is 10.2. The van der Waals surface area contributed by atoms with Crippen LogP contribution in [0.15, 0.2) is 15.8 Å².